The second-order valence-corrected chi connectivity index (χ2v) is 11.7. The number of aromatic nitrogens is 1. The minimum atomic E-state index is -4.64. The number of amides is 1. The smallest absolute Gasteiger partial charge is 0.433 e. The summed E-state index contributed by atoms with van der Waals surface area (Å²) in [5.41, 5.74) is -1.15. The number of pyridine rings is 1. The van der Waals surface area contributed by atoms with Crippen LogP contribution in [0.25, 0.3) is 0 Å². The van der Waals surface area contributed by atoms with E-state index in [1.165, 1.54) is 14.0 Å². The number of nitrogens with one attached hydrogen (secondary N) is 1. The van der Waals surface area contributed by atoms with Gasteiger partial charge < -0.3 is 10.1 Å². The molecule has 0 saturated heterocycles. The van der Waals surface area contributed by atoms with Crippen LogP contribution in [0.5, 0.6) is 5.88 Å². The lowest BCUT2D eigenvalue weighted by Gasteiger charge is -2.48. The van der Waals surface area contributed by atoms with Gasteiger partial charge in [0.25, 0.3) is 5.91 Å². The van der Waals surface area contributed by atoms with Crippen LogP contribution in [0.1, 0.15) is 67.1 Å². The molecule has 0 atom stereocenters. The third kappa shape index (κ3) is 5.94. The van der Waals surface area contributed by atoms with Gasteiger partial charge in [-0.1, -0.05) is 19.8 Å². The molecule has 1 aromatic rings. The molecule has 1 heterocycles. The van der Waals surface area contributed by atoms with E-state index < -0.39 is 27.6 Å². The van der Waals surface area contributed by atoms with Crippen LogP contribution in [-0.4, -0.2) is 44.5 Å². The van der Waals surface area contributed by atoms with Crippen molar-refractivity contribution in [2.45, 2.75) is 58.5 Å². The molecule has 2 aliphatic carbocycles. The SMILES string of the molecule is CCCS(=O)(=O)C[C@H]1C[C@](CNC(=O)c2c(C)cc(C(F)(F)F)nc2OC)(CC2CC2)C1. The molecule has 6 nitrogen and oxygen atoms in total. The molecule has 0 bridgehead atoms. The van der Waals surface area contributed by atoms with Crippen molar-refractivity contribution in [1.82, 2.24) is 10.3 Å². The van der Waals surface area contributed by atoms with Gasteiger partial charge in [-0.25, -0.2) is 13.4 Å². The number of nitrogens with zero attached hydrogens (tertiary/aromatic N) is 1. The van der Waals surface area contributed by atoms with E-state index in [4.69, 9.17) is 4.74 Å². The van der Waals surface area contributed by atoms with Crippen molar-refractivity contribution in [2.24, 2.45) is 17.3 Å². The van der Waals surface area contributed by atoms with Crippen LogP contribution in [0.2, 0.25) is 0 Å². The number of halogens is 3. The van der Waals surface area contributed by atoms with Crippen molar-refractivity contribution >= 4 is 15.7 Å². The molecule has 2 aliphatic rings. The number of sulfone groups is 1. The van der Waals surface area contributed by atoms with Crippen LogP contribution >= 0.6 is 0 Å². The first-order chi connectivity index (χ1) is 14.9. The lowest BCUT2D eigenvalue weighted by atomic mass is 9.60. The van der Waals surface area contributed by atoms with E-state index in [9.17, 15) is 26.4 Å². The van der Waals surface area contributed by atoms with Crippen molar-refractivity contribution in [2.75, 3.05) is 25.2 Å². The number of alkyl halides is 3. The average Bonchev–Trinajstić information content (AvgIpc) is 3.46. The zero-order chi connectivity index (χ0) is 23.7. The van der Waals surface area contributed by atoms with Gasteiger partial charge in [-0.3, -0.25) is 4.79 Å². The Bertz CT molecular complexity index is 953. The van der Waals surface area contributed by atoms with Gasteiger partial charge in [0.05, 0.1) is 12.9 Å². The topological polar surface area (TPSA) is 85.4 Å². The molecule has 0 spiro atoms. The predicted molar refractivity (Wildman–Crippen MR) is 114 cm³/mol. The first kappa shape index (κ1) is 24.8. The number of carbonyl (C=O) groups excluding carboxylic acids is 1. The number of rotatable bonds is 10. The van der Waals surface area contributed by atoms with Gasteiger partial charge in [0.2, 0.25) is 5.88 Å². The minimum absolute atomic E-state index is 0.0107. The fraction of sp³-hybridized carbons (Fsp3) is 0.727. The molecular formula is C22H31F3N2O4S. The Hall–Kier alpha value is -1.84. The summed E-state index contributed by atoms with van der Waals surface area (Å²) in [4.78, 5) is 16.4. The fourth-order valence-corrected chi connectivity index (χ4v) is 6.67. The van der Waals surface area contributed by atoms with E-state index in [1.807, 2.05) is 6.92 Å². The molecule has 32 heavy (non-hydrogen) atoms. The Kier molecular flexibility index (Phi) is 7.12. The molecule has 2 saturated carbocycles. The van der Waals surface area contributed by atoms with Crippen molar-refractivity contribution in [3.8, 4) is 5.88 Å². The highest BCUT2D eigenvalue weighted by Gasteiger charge is 2.48. The third-order valence-electron chi connectivity index (χ3n) is 6.38. The Morgan fingerprint density at radius 3 is 2.47 bits per heavy atom. The lowest BCUT2D eigenvalue weighted by molar-refractivity contribution is -0.141. The molecule has 1 N–H and O–H groups in total. The number of hydrogen-bond donors (Lipinski definition) is 1. The molecule has 0 radical (unpaired) electrons. The lowest BCUT2D eigenvalue weighted by Crippen LogP contribution is -2.48. The molecule has 1 amide bonds. The summed E-state index contributed by atoms with van der Waals surface area (Å²) >= 11 is 0. The third-order valence-corrected chi connectivity index (χ3v) is 8.39. The maximum Gasteiger partial charge on any atom is 0.433 e. The molecule has 0 aromatic carbocycles. The molecule has 0 aliphatic heterocycles. The number of carbonyl (C=O) groups is 1. The van der Waals surface area contributed by atoms with E-state index >= 15 is 0 Å². The monoisotopic (exact) mass is 476 g/mol. The average molecular weight is 477 g/mol. The predicted octanol–water partition coefficient (Wildman–Crippen LogP) is 4.17. The minimum Gasteiger partial charge on any atom is -0.480 e. The largest absolute Gasteiger partial charge is 0.480 e. The van der Waals surface area contributed by atoms with Crippen LogP contribution in [0.15, 0.2) is 6.07 Å². The van der Waals surface area contributed by atoms with Crippen molar-refractivity contribution < 1.29 is 31.1 Å². The number of ether oxygens (including phenoxy) is 1. The second-order valence-electron chi connectivity index (χ2n) is 9.43. The van der Waals surface area contributed by atoms with E-state index in [-0.39, 0.29) is 39.8 Å². The van der Waals surface area contributed by atoms with E-state index in [0.29, 0.717) is 18.9 Å². The summed E-state index contributed by atoms with van der Waals surface area (Å²) < 4.78 is 68.4. The van der Waals surface area contributed by atoms with Gasteiger partial charge in [0.15, 0.2) is 9.84 Å². The van der Waals surface area contributed by atoms with E-state index in [2.05, 4.69) is 10.3 Å². The van der Waals surface area contributed by atoms with Gasteiger partial charge in [-0.05, 0) is 61.5 Å². The Morgan fingerprint density at radius 1 is 1.28 bits per heavy atom. The van der Waals surface area contributed by atoms with Crippen molar-refractivity contribution in [3.05, 3.63) is 22.9 Å². The summed E-state index contributed by atoms with van der Waals surface area (Å²) in [5, 5.41) is 2.87. The molecule has 0 unspecified atom stereocenters. The van der Waals surface area contributed by atoms with E-state index in [0.717, 1.165) is 38.2 Å². The summed E-state index contributed by atoms with van der Waals surface area (Å²) in [6, 6.07) is 0.843. The standard InChI is InChI=1S/C22H31F3N2O4S/c1-4-7-32(29,30)12-16-10-21(11-16,9-15-5-6-15)13-26-19(28)18-14(2)8-17(22(23,24)25)27-20(18)31-3/h8,15-16H,4-7,9-13H2,1-3H3,(H,26,28)/t16-,21+. The highest BCUT2D eigenvalue weighted by molar-refractivity contribution is 7.91. The normalized spacial score (nSPS) is 23.5. The summed E-state index contributed by atoms with van der Waals surface area (Å²) in [5.74, 6) is 0.170. The van der Waals surface area contributed by atoms with Gasteiger partial charge in [-0.15, -0.1) is 0 Å². The van der Waals surface area contributed by atoms with Crippen LogP contribution < -0.4 is 10.1 Å². The van der Waals surface area contributed by atoms with Gasteiger partial charge >= 0.3 is 6.18 Å². The van der Waals surface area contributed by atoms with Gasteiger partial charge in [-0.2, -0.15) is 13.2 Å². The number of hydrogen-bond acceptors (Lipinski definition) is 5. The second kappa shape index (κ2) is 9.19. The maximum absolute atomic E-state index is 13.0. The maximum atomic E-state index is 13.0. The summed E-state index contributed by atoms with van der Waals surface area (Å²) in [6.07, 6.45) is 0.636. The van der Waals surface area contributed by atoms with Crippen LogP contribution in [-0.2, 0) is 16.0 Å². The Labute approximate surface area is 187 Å². The van der Waals surface area contributed by atoms with Crippen LogP contribution in [0.4, 0.5) is 13.2 Å². The zero-order valence-electron chi connectivity index (χ0n) is 18.7. The molecule has 1 aromatic heterocycles. The van der Waals surface area contributed by atoms with Gasteiger partial charge in [0, 0.05) is 12.3 Å². The highest BCUT2D eigenvalue weighted by atomic mass is 32.2. The van der Waals surface area contributed by atoms with E-state index in [1.54, 1.807) is 0 Å². The molecule has 10 heteroatoms. The van der Waals surface area contributed by atoms with Crippen LogP contribution in [0.3, 0.4) is 0 Å². The Morgan fingerprint density at radius 2 is 1.94 bits per heavy atom. The quantitative estimate of drug-likeness (QED) is 0.548. The Balaban J connectivity index is 1.69. The molecule has 2 fully saturated rings. The fourth-order valence-electron chi connectivity index (χ4n) is 4.92. The first-order valence-corrected chi connectivity index (χ1v) is 12.8. The number of methoxy groups -OCH3 is 1. The van der Waals surface area contributed by atoms with Crippen LogP contribution in [0, 0.1) is 24.2 Å². The van der Waals surface area contributed by atoms with Gasteiger partial charge in [0.1, 0.15) is 11.3 Å². The molecular weight excluding hydrogens is 445 g/mol. The zero-order valence-corrected chi connectivity index (χ0v) is 19.5. The number of aryl methyl sites for hydroxylation is 1. The highest BCUT2D eigenvalue weighted by Crippen LogP contribution is 2.54. The summed E-state index contributed by atoms with van der Waals surface area (Å²) in [7, 11) is -1.88. The first-order valence-electron chi connectivity index (χ1n) is 11.0. The molecule has 180 valence electrons. The van der Waals surface area contributed by atoms with Crippen molar-refractivity contribution in [1.29, 1.82) is 0 Å². The molecule has 3 rings (SSSR count). The summed E-state index contributed by atoms with van der Waals surface area (Å²) in [6.45, 7) is 3.63. The van der Waals surface area contributed by atoms with Crippen molar-refractivity contribution in [3.63, 3.8) is 0 Å².